The minimum absolute atomic E-state index is 0.114. The smallest absolute Gasteiger partial charge is 0.271 e. The van der Waals surface area contributed by atoms with Crippen molar-refractivity contribution in [2.24, 2.45) is 5.84 Å². The summed E-state index contributed by atoms with van der Waals surface area (Å²) in [7, 11) is 0. The summed E-state index contributed by atoms with van der Waals surface area (Å²) in [4.78, 5) is 26.3. The highest BCUT2D eigenvalue weighted by molar-refractivity contribution is 9.10. The van der Waals surface area contributed by atoms with Crippen LogP contribution in [0.3, 0.4) is 0 Å². The van der Waals surface area contributed by atoms with Gasteiger partial charge in [0.05, 0.1) is 10.5 Å². The molecule has 4 N–H and O–H groups in total. The molecule has 9 heteroatoms. The molecule has 8 nitrogen and oxygen atoms in total. The third-order valence-electron chi connectivity index (χ3n) is 2.55. The van der Waals surface area contributed by atoms with Gasteiger partial charge in [0.25, 0.3) is 11.6 Å². The van der Waals surface area contributed by atoms with E-state index in [-0.39, 0.29) is 17.1 Å². The molecule has 0 spiro atoms. The molecular weight excluding hydrogens is 342 g/mol. The number of hydrogen-bond acceptors (Lipinski definition) is 6. The third kappa shape index (κ3) is 3.52. The summed E-state index contributed by atoms with van der Waals surface area (Å²) >= 11 is 3.21. The van der Waals surface area contributed by atoms with E-state index in [1.807, 2.05) is 0 Å². The Labute approximate surface area is 127 Å². The molecule has 2 rings (SSSR count). The van der Waals surface area contributed by atoms with Crippen LogP contribution in [0.25, 0.3) is 0 Å². The number of carbonyl (C=O) groups excluding carboxylic acids is 1. The fourth-order valence-electron chi connectivity index (χ4n) is 1.62. The Morgan fingerprint density at radius 1 is 1.38 bits per heavy atom. The molecule has 0 radical (unpaired) electrons. The van der Waals surface area contributed by atoms with Gasteiger partial charge in [0, 0.05) is 28.5 Å². The predicted octanol–water partition coefficient (Wildman–Crippen LogP) is 2.29. The molecule has 2 aromatic rings. The minimum atomic E-state index is -0.539. The van der Waals surface area contributed by atoms with Crippen LogP contribution in [0.1, 0.15) is 10.4 Å². The molecule has 0 bridgehead atoms. The summed E-state index contributed by atoms with van der Waals surface area (Å²) in [6.45, 7) is 0. The van der Waals surface area contributed by atoms with Gasteiger partial charge in [-0.3, -0.25) is 14.9 Å². The normalized spacial score (nSPS) is 10.0. The maximum Gasteiger partial charge on any atom is 0.271 e. The summed E-state index contributed by atoms with van der Waals surface area (Å²) in [5, 5.41) is 13.3. The molecule has 0 saturated heterocycles. The van der Waals surface area contributed by atoms with Crippen LogP contribution in [0, 0.1) is 10.1 Å². The van der Waals surface area contributed by atoms with E-state index >= 15 is 0 Å². The van der Waals surface area contributed by atoms with Gasteiger partial charge in [0.15, 0.2) is 5.82 Å². The monoisotopic (exact) mass is 351 g/mol. The van der Waals surface area contributed by atoms with E-state index < -0.39 is 10.8 Å². The molecule has 1 aromatic carbocycles. The van der Waals surface area contributed by atoms with Crippen LogP contribution in [-0.4, -0.2) is 15.8 Å². The second kappa shape index (κ2) is 6.29. The Balaban J connectivity index is 2.28. The van der Waals surface area contributed by atoms with E-state index in [2.05, 4.69) is 31.7 Å². The van der Waals surface area contributed by atoms with Gasteiger partial charge >= 0.3 is 0 Å². The van der Waals surface area contributed by atoms with Crippen molar-refractivity contribution in [3.63, 3.8) is 0 Å². The number of hydrogen-bond donors (Lipinski definition) is 3. The predicted molar refractivity (Wildman–Crippen MR) is 80.8 cm³/mol. The van der Waals surface area contributed by atoms with E-state index in [0.29, 0.717) is 10.2 Å². The van der Waals surface area contributed by atoms with Crippen LogP contribution in [0.15, 0.2) is 41.0 Å². The summed E-state index contributed by atoms with van der Waals surface area (Å²) in [5.74, 6) is 5.01. The van der Waals surface area contributed by atoms with E-state index in [0.717, 1.165) is 0 Å². The number of nitrogens with two attached hydrogens (primary N) is 1. The van der Waals surface area contributed by atoms with Crippen molar-refractivity contribution in [1.29, 1.82) is 0 Å². The standard InChI is InChI=1S/C12H10BrN5O3/c13-7-4-10(11(17-14)15-6-7)12(19)16-8-2-1-3-9(5-8)18(20)21/h1-6H,14H2,(H,15,17)(H,16,19). The highest BCUT2D eigenvalue weighted by atomic mass is 79.9. The lowest BCUT2D eigenvalue weighted by atomic mass is 10.2. The van der Waals surface area contributed by atoms with Crippen molar-refractivity contribution < 1.29 is 9.72 Å². The SMILES string of the molecule is NNc1ncc(Br)cc1C(=O)Nc1cccc([N+](=O)[O-])c1. The fourth-order valence-corrected chi connectivity index (χ4v) is 1.95. The molecule has 0 aliphatic carbocycles. The first-order valence-electron chi connectivity index (χ1n) is 5.69. The largest absolute Gasteiger partial charge is 0.322 e. The van der Waals surface area contributed by atoms with E-state index in [4.69, 9.17) is 5.84 Å². The first-order valence-corrected chi connectivity index (χ1v) is 6.48. The number of rotatable bonds is 4. The molecule has 21 heavy (non-hydrogen) atoms. The molecule has 0 unspecified atom stereocenters. The second-order valence-corrected chi connectivity index (χ2v) is 4.87. The van der Waals surface area contributed by atoms with Crippen LogP contribution >= 0.6 is 15.9 Å². The van der Waals surface area contributed by atoms with Gasteiger partial charge in [0.1, 0.15) is 0 Å². The maximum absolute atomic E-state index is 12.2. The van der Waals surface area contributed by atoms with E-state index in [1.165, 1.54) is 30.5 Å². The van der Waals surface area contributed by atoms with Gasteiger partial charge in [-0.1, -0.05) is 6.07 Å². The van der Waals surface area contributed by atoms with Crippen molar-refractivity contribution in [2.45, 2.75) is 0 Å². The number of hydrazine groups is 1. The molecule has 0 atom stereocenters. The van der Waals surface area contributed by atoms with Crippen LogP contribution in [0.5, 0.6) is 0 Å². The minimum Gasteiger partial charge on any atom is -0.322 e. The Morgan fingerprint density at radius 3 is 2.81 bits per heavy atom. The van der Waals surface area contributed by atoms with Crippen LogP contribution in [0.4, 0.5) is 17.2 Å². The fraction of sp³-hybridized carbons (Fsp3) is 0. The molecular formula is C12H10BrN5O3. The summed E-state index contributed by atoms with van der Waals surface area (Å²) in [5.41, 5.74) is 2.71. The number of nitro groups is 1. The van der Waals surface area contributed by atoms with E-state index in [9.17, 15) is 14.9 Å². The number of nitrogens with one attached hydrogen (secondary N) is 2. The number of benzene rings is 1. The van der Waals surface area contributed by atoms with Gasteiger partial charge < -0.3 is 10.7 Å². The quantitative estimate of drug-likeness (QED) is 0.441. The van der Waals surface area contributed by atoms with Crippen LogP contribution in [-0.2, 0) is 0 Å². The van der Waals surface area contributed by atoms with Gasteiger partial charge in [-0.05, 0) is 28.1 Å². The maximum atomic E-state index is 12.2. The average Bonchev–Trinajstić information content (AvgIpc) is 2.47. The molecule has 0 aliphatic rings. The summed E-state index contributed by atoms with van der Waals surface area (Å²) in [6.07, 6.45) is 1.49. The molecule has 0 fully saturated rings. The van der Waals surface area contributed by atoms with Gasteiger partial charge in [-0.15, -0.1) is 0 Å². The number of nitrogen functional groups attached to an aromatic ring is 1. The lowest BCUT2D eigenvalue weighted by molar-refractivity contribution is -0.384. The highest BCUT2D eigenvalue weighted by Gasteiger charge is 2.14. The highest BCUT2D eigenvalue weighted by Crippen LogP contribution is 2.21. The van der Waals surface area contributed by atoms with Crippen molar-refractivity contribution in [3.8, 4) is 0 Å². The topological polar surface area (TPSA) is 123 Å². The number of amides is 1. The van der Waals surface area contributed by atoms with Crippen molar-refractivity contribution >= 4 is 39.0 Å². The van der Waals surface area contributed by atoms with Crippen molar-refractivity contribution in [2.75, 3.05) is 10.7 Å². The molecule has 0 aliphatic heterocycles. The number of non-ortho nitro benzene ring substituents is 1. The van der Waals surface area contributed by atoms with Crippen LogP contribution < -0.4 is 16.6 Å². The first-order chi connectivity index (χ1) is 10.0. The lowest BCUT2D eigenvalue weighted by Gasteiger charge is -2.09. The Bertz CT molecular complexity index is 707. The number of halogens is 1. The number of pyridine rings is 1. The average molecular weight is 352 g/mol. The molecule has 1 heterocycles. The van der Waals surface area contributed by atoms with Crippen molar-refractivity contribution in [3.05, 3.63) is 56.7 Å². The van der Waals surface area contributed by atoms with Crippen LogP contribution in [0.2, 0.25) is 0 Å². The summed E-state index contributed by atoms with van der Waals surface area (Å²) < 4.78 is 0.602. The van der Waals surface area contributed by atoms with Gasteiger partial charge in [0.2, 0.25) is 0 Å². The Morgan fingerprint density at radius 2 is 2.14 bits per heavy atom. The van der Waals surface area contributed by atoms with E-state index in [1.54, 1.807) is 6.07 Å². The number of nitrogens with zero attached hydrogens (tertiary/aromatic N) is 2. The van der Waals surface area contributed by atoms with Crippen molar-refractivity contribution in [1.82, 2.24) is 4.98 Å². The molecule has 1 amide bonds. The zero-order chi connectivity index (χ0) is 15.4. The second-order valence-electron chi connectivity index (χ2n) is 3.96. The molecule has 0 saturated carbocycles. The first kappa shape index (κ1) is 14.9. The zero-order valence-electron chi connectivity index (χ0n) is 10.5. The molecule has 108 valence electrons. The third-order valence-corrected chi connectivity index (χ3v) is 2.98. The summed E-state index contributed by atoms with van der Waals surface area (Å²) in [6, 6.07) is 7.16. The van der Waals surface area contributed by atoms with Gasteiger partial charge in [-0.25, -0.2) is 10.8 Å². The zero-order valence-corrected chi connectivity index (χ0v) is 12.1. The Hall–Kier alpha value is -2.52. The number of anilines is 2. The molecule has 1 aromatic heterocycles. The number of nitro benzene ring substituents is 1. The lowest BCUT2D eigenvalue weighted by Crippen LogP contribution is -2.18. The number of carbonyl (C=O) groups is 1. The Kier molecular flexibility index (Phi) is 4.45. The number of aromatic nitrogens is 1. The van der Waals surface area contributed by atoms with Gasteiger partial charge in [-0.2, -0.15) is 0 Å².